The molecule has 0 spiro atoms. The molecule has 3 atom stereocenters. The first-order valence-corrected chi connectivity index (χ1v) is 14.7. The summed E-state index contributed by atoms with van der Waals surface area (Å²) < 4.78 is 6.39. The first-order chi connectivity index (χ1) is 19.6. The van der Waals surface area contributed by atoms with Gasteiger partial charge in [-0.2, -0.15) is 0 Å². The highest BCUT2D eigenvalue weighted by molar-refractivity contribution is 9.10. The molecule has 1 saturated heterocycles. The fourth-order valence-electron chi connectivity index (χ4n) is 7.09. The summed E-state index contributed by atoms with van der Waals surface area (Å²) in [7, 11) is 0. The average molecular weight is 616 g/mol. The molecule has 210 valence electrons. The van der Waals surface area contributed by atoms with Crippen molar-refractivity contribution in [3.8, 4) is 0 Å². The van der Waals surface area contributed by atoms with E-state index in [1.165, 1.54) is 0 Å². The maximum absolute atomic E-state index is 14.1. The quantitative estimate of drug-likeness (QED) is 0.294. The number of halogens is 1. The molecular weight excluding hydrogens is 584 g/mol. The molecule has 2 bridgehead atoms. The van der Waals surface area contributed by atoms with Crippen molar-refractivity contribution in [2.45, 2.75) is 45.6 Å². The number of nitrogens with zero attached hydrogens (tertiary/aromatic N) is 1. The van der Waals surface area contributed by atoms with Crippen LogP contribution in [0.2, 0.25) is 0 Å². The highest BCUT2D eigenvalue weighted by atomic mass is 79.9. The number of anilines is 1. The van der Waals surface area contributed by atoms with Crippen molar-refractivity contribution in [2.75, 3.05) is 11.9 Å². The molecule has 1 heterocycles. The Labute approximate surface area is 247 Å². The Bertz CT molecular complexity index is 1480. The van der Waals surface area contributed by atoms with Gasteiger partial charge in [0.1, 0.15) is 6.04 Å². The van der Waals surface area contributed by atoms with Crippen LogP contribution in [0.25, 0.3) is 0 Å². The van der Waals surface area contributed by atoms with E-state index in [1.807, 2.05) is 74.5 Å². The van der Waals surface area contributed by atoms with Crippen LogP contribution in [0.3, 0.4) is 0 Å². The zero-order valence-electron chi connectivity index (χ0n) is 23.3. The fourth-order valence-corrected chi connectivity index (χ4v) is 7.32. The van der Waals surface area contributed by atoms with Crippen LogP contribution in [0.5, 0.6) is 0 Å². The second-order valence-electron chi connectivity index (χ2n) is 11.6. The summed E-state index contributed by atoms with van der Waals surface area (Å²) in [6, 6.07) is 18.5. The predicted molar refractivity (Wildman–Crippen MR) is 157 cm³/mol. The maximum atomic E-state index is 14.1. The summed E-state index contributed by atoms with van der Waals surface area (Å²) in [5.41, 5.74) is 6.79. The van der Waals surface area contributed by atoms with Crippen molar-refractivity contribution in [1.82, 2.24) is 4.90 Å². The number of rotatable bonds is 6. The number of esters is 1. The number of hydrogen-bond donors (Lipinski definition) is 1. The standard InChI is InChI=1S/C33H31BrN2O5/c1-16(2)30(33(40)41-15-24(37)35-19-13-17(3)29(34)18(4)14-19)36-31(38)27-25-20-9-5-6-10-21(20)26(28(27)32(36)39)23-12-8-7-11-22(23)25/h5-14,16,25-28,30H,15H2,1-4H3,(H,35,37)/t25?,26?,27-,28+,30-/m1/s1. The van der Waals surface area contributed by atoms with E-state index in [0.717, 1.165) is 42.8 Å². The monoisotopic (exact) mass is 614 g/mol. The number of carbonyl (C=O) groups excluding carboxylic acids is 4. The molecule has 4 aliphatic rings. The minimum Gasteiger partial charge on any atom is -0.454 e. The Morgan fingerprint density at radius 2 is 1.29 bits per heavy atom. The second-order valence-corrected chi connectivity index (χ2v) is 12.4. The minimum atomic E-state index is -1.13. The highest BCUT2D eigenvalue weighted by Crippen LogP contribution is 2.61. The van der Waals surface area contributed by atoms with E-state index in [1.54, 1.807) is 13.8 Å². The van der Waals surface area contributed by atoms with Crippen LogP contribution >= 0.6 is 15.9 Å². The van der Waals surface area contributed by atoms with Gasteiger partial charge in [0.15, 0.2) is 6.61 Å². The molecule has 0 saturated carbocycles. The van der Waals surface area contributed by atoms with Crippen LogP contribution in [0, 0.1) is 31.6 Å². The minimum absolute atomic E-state index is 0.258. The smallest absolute Gasteiger partial charge is 0.330 e. The number of aryl methyl sites for hydroxylation is 2. The molecule has 8 heteroatoms. The van der Waals surface area contributed by atoms with Crippen molar-refractivity contribution in [2.24, 2.45) is 17.8 Å². The molecule has 1 aliphatic heterocycles. The highest BCUT2D eigenvalue weighted by Gasteiger charge is 2.63. The zero-order chi connectivity index (χ0) is 29.2. The lowest BCUT2D eigenvalue weighted by molar-refractivity contribution is -0.162. The number of likely N-dealkylation sites (tertiary alicyclic amines) is 1. The summed E-state index contributed by atoms with van der Waals surface area (Å²) in [4.78, 5) is 55.4. The van der Waals surface area contributed by atoms with Crippen LogP contribution in [0.15, 0.2) is 65.1 Å². The van der Waals surface area contributed by atoms with Gasteiger partial charge in [-0.3, -0.25) is 19.3 Å². The number of imide groups is 1. The average Bonchev–Trinajstić information content (AvgIpc) is 3.20. The Kier molecular flexibility index (Phi) is 6.85. The molecule has 0 unspecified atom stereocenters. The molecule has 3 amide bonds. The Morgan fingerprint density at radius 3 is 1.71 bits per heavy atom. The van der Waals surface area contributed by atoms with E-state index in [2.05, 4.69) is 21.2 Å². The topological polar surface area (TPSA) is 92.8 Å². The molecule has 3 aromatic rings. The van der Waals surface area contributed by atoms with Crippen molar-refractivity contribution >= 4 is 45.3 Å². The van der Waals surface area contributed by atoms with Gasteiger partial charge in [0.05, 0.1) is 11.8 Å². The van der Waals surface area contributed by atoms with Gasteiger partial charge in [-0.1, -0.05) is 78.3 Å². The van der Waals surface area contributed by atoms with Crippen molar-refractivity contribution in [1.29, 1.82) is 0 Å². The van der Waals surface area contributed by atoms with E-state index in [-0.39, 0.29) is 23.7 Å². The Hall–Kier alpha value is -3.78. The summed E-state index contributed by atoms with van der Waals surface area (Å²) in [5.74, 6) is -4.05. The van der Waals surface area contributed by atoms with Gasteiger partial charge in [0, 0.05) is 22.0 Å². The molecule has 7 nitrogen and oxygen atoms in total. The van der Waals surface area contributed by atoms with E-state index in [0.29, 0.717) is 5.69 Å². The summed E-state index contributed by atoms with van der Waals surface area (Å²) in [6.45, 7) is 6.87. The van der Waals surface area contributed by atoms with Gasteiger partial charge >= 0.3 is 5.97 Å². The SMILES string of the molecule is Cc1cc(NC(=O)COC(=O)[C@@H](C(C)C)N2C(=O)[C@@H]3C4c5ccccc5C(c5ccccc54)[C@@H]3C2=O)cc(C)c1Br. The molecular formula is C33H31BrN2O5. The van der Waals surface area contributed by atoms with Gasteiger partial charge in [0.2, 0.25) is 11.8 Å². The first-order valence-electron chi connectivity index (χ1n) is 13.9. The molecule has 1 fully saturated rings. The van der Waals surface area contributed by atoms with E-state index < -0.39 is 42.3 Å². The summed E-state index contributed by atoms with van der Waals surface area (Å²) in [5, 5.41) is 2.76. The Balaban J connectivity index is 1.25. The van der Waals surface area contributed by atoms with Gasteiger partial charge in [0.25, 0.3) is 5.91 Å². The molecule has 0 radical (unpaired) electrons. The van der Waals surface area contributed by atoms with Crippen LogP contribution in [-0.2, 0) is 23.9 Å². The van der Waals surface area contributed by atoms with Crippen LogP contribution in [0.4, 0.5) is 5.69 Å². The van der Waals surface area contributed by atoms with E-state index in [4.69, 9.17) is 4.74 Å². The van der Waals surface area contributed by atoms with E-state index >= 15 is 0 Å². The van der Waals surface area contributed by atoms with Crippen molar-refractivity contribution in [3.05, 3.63) is 98.5 Å². The fraction of sp³-hybridized carbons (Fsp3) is 0.333. The third kappa shape index (κ3) is 4.31. The number of nitrogens with one attached hydrogen (secondary N) is 1. The molecule has 3 aromatic carbocycles. The maximum Gasteiger partial charge on any atom is 0.330 e. The molecule has 7 rings (SSSR count). The summed E-state index contributed by atoms with van der Waals surface area (Å²) in [6.07, 6.45) is 0. The van der Waals surface area contributed by atoms with Gasteiger partial charge in [-0.25, -0.2) is 4.79 Å². The van der Waals surface area contributed by atoms with Crippen LogP contribution in [-0.4, -0.2) is 41.2 Å². The number of hydrogen-bond acceptors (Lipinski definition) is 5. The normalized spacial score (nSPS) is 22.7. The van der Waals surface area contributed by atoms with Crippen LogP contribution < -0.4 is 5.32 Å². The van der Waals surface area contributed by atoms with Gasteiger partial charge in [-0.15, -0.1) is 0 Å². The number of carbonyl (C=O) groups is 4. The lowest BCUT2D eigenvalue weighted by atomic mass is 9.55. The molecule has 41 heavy (non-hydrogen) atoms. The summed E-state index contributed by atoms with van der Waals surface area (Å²) >= 11 is 3.51. The molecule has 1 N–H and O–H groups in total. The number of benzene rings is 3. The Morgan fingerprint density at radius 1 is 0.854 bits per heavy atom. The van der Waals surface area contributed by atoms with Gasteiger partial charge < -0.3 is 10.1 Å². The number of ether oxygens (including phenoxy) is 1. The third-order valence-electron chi connectivity index (χ3n) is 8.70. The predicted octanol–water partition coefficient (Wildman–Crippen LogP) is 5.46. The molecule has 0 aromatic heterocycles. The zero-order valence-corrected chi connectivity index (χ0v) is 24.9. The third-order valence-corrected chi connectivity index (χ3v) is 9.95. The van der Waals surface area contributed by atoms with Crippen molar-refractivity contribution in [3.63, 3.8) is 0 Å². The van der Waals surface area contributed by atoms with E-state index in [9.17, 15) is 19.2 Å². The lowest BCUT2D eigenvalue weighted by Crippen LogP contribution is -2.49. The van der Waals surface area contributed by atoms with Crippen LogP contribution in [0.1, 0.15) is 59.1 Å². The van der Waals surface area contributed by atoms with Gasteiger partial charge in [-0.05, 0) is 65.3 Å². The molecule has 3 aliphatic carbocycles. The lowest BCUT2D eigenvalue weighted by Gasteiger charge is -2.45. The van der Waals surface area contributed by atoms with Crippen molar-refractivity contribution < 1.29 is 23.9 Å². The first kappa shape index (κ1) is 27.4. The second kappa shape index (κ2) is 10.2. The largest absolute Gasteiger partial charge is 0.454 e. The number of amides is 3.